The van der Waals surface area contributed by atoms with E-state index in [-0.39, 0.29) is 17.9 Å². The highest BCUT2D eigenvalue weighted by Crippen LogP contribution is 2.30. The third-order valence-electron chi connectivity index (χ3n) is 5.82. The number of hydrogen-bond donors (Lipinski definition) is 1. The van der Waals surface area contributed by atoms with E-state index in [1.165, 1.54) is 6.07 Å². The van der Waals surface area contributed by atoms with E-state index < -0.39 is 11.7 Å². The second-order valence-corrected chi connectivity index (χ2v) is 7.96. The zero-order valence-electron chi connectivity index (χ0n) is 17.6. The Labute approximate surface area is 184 Å². The van der Waals surface area contributed by atoms with Crippen LogP contribution in [0.2, 0.25) is 0 Å². The van der Waals surface area contributed by atoms with Gasteiger partial charge in [-0.3, -0.25) is 4.79 Å². The first kappa shape index (κ1) is 21.9. The minimum absolute atomic E-state index is 0.00350. The van der Waals surface area contributed by atoms with E-state index in [4.69, 9.17) is 0 Å². The van der Waals surface area contributed by atoms with Gasteiger partial charge in [0.05, 0.1) is 17.9 Å². The Kier molecular flexibility index (Phi) is 6.16. The molecule has 1 atom stereocenters. The molecule has 9 heteroatoms. The fourth-order valence-electron chi connectivity index (χ4n) is 3.87. The lowest BCUT2D eigenvalue weighted by molar-refractivity contribution is -0.137. The van der Waals surface area contributed by atoms with Crippen LogP contribution in [-0.4, -0.2) is 33.5 Å². The Hall–Kier alpha value is -3.36. The maximum atomic E-state index is 12.8. The van der Waals surface area contributed by atoms with Gasteiger partial charge in [0.1, 0.15) is 5.82 Å². The van der Waals surface area contributed by atoms with Crippen molar-refractivity contribution in [2.75, 3.05) is 18.0 Å². The summed E-state index contributed by atoms with van der Waals surface area (Å²) in [6.07, 6.45) is 3.03. The number of carbonyl (C=O) groups is 1. The molecule has 0 saturated carbocycles. The van der Waals surface area contributed by atoms with Crippen molar-refractivity contribution in [2.45, 2.75) is 32.0 Å². The summed E-state index contributed by atoms with van der Waals surface area (Å²) < 4.78 is 40.0. The number of nitrogens with one attached hydrogen (secondary N) is 1. The minimum atomic E-state index is -4.40. The van der Waals surface area contributed by atoms with Gasteiger partial charge in [-0.2, -0.15) is 13.2 Å². The number of halogens is 3. The monoisotopic (exact) mass is 443 g/mol. The van der Waals surface area contributed by atoms with E-state index in [1.807, 2.05) is 46.9 Å². The van der Waals surface area contributed by atoms with Gasteiger partial charge in [-0.1, -0.05) is 12.1 Å². The van der Waals surface area contributed by atoms with E-state index in [9.17, 15) is 18.0 Å². The number of aromatic nitrogens is 3. The summed E-state index contributed by atoms with van der Waals surface area (Å²) in [6, 6.07) is 10.2. The van der Waals surface area contributed by atoms with Gasteiger partial charge >= 0.3 is 6.18 Å². The largest absolute Gasteiger partial charge is 0.417 e. The van der Waals surface area contributed by atoms with Crippen LogP contribution in [0.5, 0.6) is 0 Å². The zero-order valence-corrected chi connectivity index (χ0v) is 17.6. The lowest BCUT2D eigenvalue weighted by atomic mass is 9.95. The highest BCUT2D eigenvalue weighted by molar-refractivity contribution is 5.79. The van der Waals surface area contributed by atoms with Crippen LogP contribution in [0.4, 0.5) is 19.0 Å². The van der Waals surface area contributed by atoms with Gasteiger partial charge in [-0.05, 0) is 49.6 Å². The fourth-order valence-corrected chi connectivity index (χ4v) is 3.87. The number of benzene rings is 1. The molecule has 4 rings (SSSR count). The smallest absolute Gasteiger partial charge is 0.357 e. The van der Waals surface area contributed by atoms with Gasteiger partial charge in [0, 0.05) is 43.3 Å². The number of amides is 1. The topological polar surface area (TPSA) is 63.1 Å². The molecule has 1 aromatic carbocycles. The molecule has 1 aliphatic heterocycles. The van der Waals surface area contributed by atoms with Crippen LogP contribution in [-0.2, 0) is 11.0 Å². The maximum absolute atomic E-state index is 12.8. The van der Waals surface area contributed by atoms with E-state index in [0.29, 0.717) is 31.7 Å². The van der Waals surface area contributed by atoms with Crippen LogP contribution in [0.25, 0.3) is 5.69 Å². The second-order valence-electron chi connectivity index (χ2n) is 7.96. The standard InChI is InChI=1S/C23H24F3N5O/c1-16(17-2-5-20(6-3-17)31-13-10-27-15-31)29-22(32)18-8-11-30(12-9-18)21-7-4-19(14-28-21)23(24,25)26/h2-7,10,13-16,18H,8-9,11-12H2,1H3,(H,29,32)/t16-/m1/s1. The first-order chi connectivity index (χ1) is 15.3. The molecule has 1 fully saturated rings. The van der Waals surface area contributed by atoms with Crippen molar-refractivity contribution in [3.8, 4) is 5.69 Å². The molecule has 2 aromatic heterocycles. The molecule has 1 saturated heterocycles. The van der Waals surface area contributed by atoms with Crippen molar-refractivity contribution in [2.24, 2.45) is 5.92 Å². The van der Waals surface area contributed by atoms with Gasteiger partial charge in [-0.15, -0.1) is 0 Å². The molecule has 32 heavy (non-hydrogen) atoms. The van der Waals surface area contributed by atoms with Crippen LogP contribution in [0.3, 0.4) is 0 Å². The maximum Gasteiger partial charge on any atom is 0.417 e. The normalized spacial score (nSPS) is 16.1. The first-order valence-corrected chi connectivity index (χ1v) is 10.5. The summed E-state index contributed by atoms with van der Waals surface area (Å²) in [4.78, 5) is 22.7. The molecule has 168 valence electrons. The number of carbonyl (C=O) groups excluding carboxylic acids is 1. The molecule has 0 spiro atoms. The van der Waals surface area contributed by atoms with Gasteiger partial charge in [0.15, 0.2) is 0 Å². The Morgan fingerprint density at radius 3 is 2.41 bits per heavy atom. The van der Waals surface area contributed by atoms with Crippen molar-refractivity contribution in [3.63, 3.8) is 0 Å². The Morgan fingerprint density at radius 1 is 1.12 bits per heavy atom. The van der Waals surface area contributed by atoms with Crippen LogP contribution >= 0.6 is 0 Å². The van der Waals surface area contributed by atoms with Crippen molar-refractivity contribution in [3.05, 3.63) is 72.4 Å². The Bertz CT molecular complexity index is 1020. The van der Waals surface area contributed by atoms with Crippen molar-refractivity contribution >= 4 is 11.7 Å². The second kappa shape index (κ2) is 9.02. The SMILES string of the molecule is C[C@@H](NC(=O)C1CCN(c2ccc(C(F)(F)F)cn2)CC1)c1ccc(-n2ccnc2)cc1. The molecule has 0 aliphatic carbocycles. The predicted molar refractivity (Wildman–Crippen MR) is 114 cm³/mol. The number of alkyl halides is 3. The number of pyridine rings is 1. The fraction of sp³-hybridized carbons (Fsp3) is 0.348. The van der Waals surface area contributed by atoms with Crippen LogP contribution in [0, 0.1) is 5.92 Å². The number of hydrogen-bond acceptors (Lipinski definition) is 4. The molecule has 1 amide bonds. The van der Waals surface area contributed by atoms with Gasteiger partial charge in [0.2, 0.25) is 5.91 Å². The summed E-state index contributed by atoms with van der Waals surface area (Å²) in [7, 11) is 0. The molecular formula is C23H24F3N5O. The highest BCUT2D eigenvalue weighted by Gasteiger charge is 2.31. The average molecular weight is 443 g/mol. The van der Waals surface area contributed by atoms with Gasteiger partial charge in [0.25, 0.3) is 0 Å². The average Bonchev–Trinajstić information content (AvgIpc) is 3.34. The van der Waals surface area contributed by atoms with E-state index >= 15 is 0 Å². The van der Waals surface area contributed by atoms with Crippen molar-refractivity contribution in [1.29, 1.82) is 0 Å². The summed E-state index contributed by atoms with van der Waals surface area (Å²) in [5.74, 6) is 0.368. The molecule has 0 radical (unpaired) electrons. The molecule has 0 bridgehead atoms. The lowest BCUT2D eigenvalue weighted by Gasteiger charge is -2.32. The van der Waals surface area contributed by atoms with Gasteiger partial charge in [-0.25, -0.2) is 9.97 Å². The zero-order chi connectivity index (χ0) is 22.7. The molecule has 1 aliphatic rings. The van der Waals surface area contributed by atoms with E-state index in [2.05, 4.69) is 15.3 Å². The van der Waals surface area contributed by atoms with E-state index in [0.717, 1.165) is 23.5 Å². The quantitative estimate of drug-likeness (QED) is 0.636. The number of nitrogens with zero attached hydrogens (tertiary/aromatic N) is 4. The lowest BCUT2D eigenvalue weighted by Crippen LogP contribution is -2.41. The predicted octanol–water partition coefficient (Wildman–Crippen LogP) is 4.38. The number of anilines is 1. The number of rotatable bonds is 5. The summed E-state index contributed by atoms with van der Waals surface area (Å²) in [6.45, 7) is 3.10. The number of piperidine rings is 1. The van der Waals surface area contributed by atoms with Crippen molar-refractivity contribution in [1.82, 2.24) is 19.9 Å². The van der Waals surface area contributed by atoms with E-state index in [1.54, 1.807) is 12.5 Å². The van der Waals surface area contributed by atoms with Crippen molar-refractivity contribution < 1.29 is 18.0 Å². The molecular weight excluding hydrogens is 419 g/mol. The molecule has 3 heterocycles. The summed E-state index contributed by atoms with van der Waals surface area (Å²) >= 11 is 0. The molecule has 1 N–H and O–H groups in total. The van der Waals surface area contributed by atoms with Crippen LogP contribution < -0.4 is 10.2 Å². The van der Waals surface area contributed by atoms with Crippen LogP contribution in [0.1, 0.15) is 36.9 Å². The third kappa shape index (κ3) is 4.92. The Morgan fingerprint density at radius 2 is 1.84 bits per heavy atom. The molecule has 6 nitrogen and oxygen atoms in total. The summed E-state index contributed by atoms with van der Waals surface area (Å²) in [5.41, 5.74) is 1.24. The minimum Gasteiger partial charge on any atom is -0.357 e. The first-order valence-electron chi connectivity index (χ1n) is 10.5. The summed E-state index contributed by atoms with van der Waals surface area (Å²) in [5, 5.41) is 3.08. The van der Waals surface area contributed by atoms with Crippen LogP contribution in [0.15, 0.2) is 61.3 Å². The third-order valence-corrected chi connectivity index (χ3v) is 5.82. The molecule has 3 aromatic rings. The molecule has 0 unspecified atom stereocenters. The number of imidazole rings is 1. The Balaban J connectivity index is 1.29. The van der Waals surface area contributed by atoms with Gasteiger partial charge < -0.3 is 14.8 Å². The highest BCUT2D eigenvalue weighted by atomic mass is 19.4.